The zero-order valence-electron chi connectivity index (χ0n) is 9.32. The van der Waals surface area contributed by atoms with Crippen LogP contribution in [0.1, 0.15) is 37.7 Å². The number of allylic oxidation sites excluding steroid dienone is 4. The van der Waals surface area contributed by atoms with Gasteiger partial charge in [-0.3, -0.25) is 0 Å². The standard InChI is InChI=1S/C15H18/c1-13(15-10-6-3-7-11-15)12-14-8-4-2-5-9-14/h2-4,6-8,10-11,13H,5,9,12H2,1H3. The Labute approximate surface area is 92.3 Å². The summed E-state index contributed by atoms with van der Waals surface area (Å²) >= 11 is 0. The highest BCUT2D eigenvalue weighted by molar-refractivity contribution is 5.24. The summed E-state index contributed by atoms with van der Waals surface area (Å²) < 4.78 is 0. The van der Waals surface area contributed by atoms with Crippen LogP contribution in [-0.2, 0) is 0 Å². The minimum absolute atomic E-state index is 0.643. The van der Waals surface area contributed by atoms with Gasteiger partial charge in [-0.1, -0.05) is 61.1 Å². The first-order chi connectivity index (χ1) is 7.36. The van der Waals surface area contributed by atoms with Gasteiger partial charge < -0.3 is 0 Å². The first-order valence-corrected chi connectivity index (χ1v) is 5.76. The number of hydrogen-bond acceptors (Lipinski definition) is 0. The summed E-state index contributed by atoms with van der Waals surface area (Å²) in [5.41, 5.74) is 3.04. The number of rotatable bonds is 3. The summed E-state index contributed by atoms with van der Waals surface area (Å²) in [6, 6.07) is 10.8. The summed E-state index contributed by atoms with van der Waals surface area (Å²) in [7, 11) is 0. The zero-order valence-corrected chi connectivity index (χ0v) is 9.32. The van der Waals surface area contributed by atoms with E-state index >= 15 is 0 Å². The fraction of sp³-hybridized carbons (Fsp3) is 0.333. The fourth-order valence-electron chi connectivity index (χ4n) is 2.12. The molecule has 0 spiro atoms. The second kappa shape index (κ2) is 4.97. The summed E-state index contributed by atoms with van der Waals surface area (Å²) in [5, 5.41) is 0. The van der Waals surface area contributed by atoms with Gasteiger partial charge in [0.15, 0.2) is 0 Å². The second-order valence-electron chi connectivity index (χ2n) is 4.31. The number of hydrogen-bond donors (Lipinski definition) is 0. The smallest absolute Gasteiger partial charge is 0.0153 e. The lowest BCUT2D eigenvalue weighted by Crippen LogP contribution is -1.97. The van der Waals surface area contributed by atoms with Crippen molar-refractivity contribution in [3.05, 3.63) is 59.7 Å². The Bertz CT molecular complexity index is 357. The van der Waals surface area contributed by atoms with E-state index in [-0.39, 0.29) is 0 Å². The Morgan fingerprint density at radius 2 is 2.00 bits per heavy atom. The summed E-state index contributed by atoms with van der Waals surface area (Å²) in [4.78, 5) is 0. The molecule has 0 bridgehead atoms. The molecular formula is C15H18. The lowest BCUT2D eigenvalue weighted by Gasteiger charge is -2.15. The van der Waals surface area contributed by atoms with Crippen LogP contribution in [0.4, 0.5) is 0 Å². The lowest BCUT2D eigenvalue weighted by atomic mass is 9.90. The molecule has 1 aliphatic rings. The Morgan fingerprint density at radius 3 is 2.67 bits per heavy atom. The molecule has 0 radical (unpaired) electrons. The molecule has 0 aromatic heterocycles. The van der Waals surface area contributed by atoms with E-state index in [9.17, 15) is 0 Å². The van der Waals surface area contributed by atoms with Gasteiger partial charge in [-0.2, -0.15) is 0 Å². The molecular weight excluding hydrogens is 180 g/mol. The van der Waals surface area contributed by atoms with E-state index in [4.69, 9.17) is 0 Å². The largest absolute Gasteiger partial charge is 0.0842 e. The quantitative estimate of drug-likeness (QED) is 0.672. The Hall–Kier alpha value is -1.30. The van der Waals surface area contributed by atoms with E-state index in [1.54, 1.807) is 5.57 Å². The van der Waals surface area contributed by atoms with Crippen LogP contribution in [0.2, 0.25) is 0 Å². The van der Waals surface area contributed by atoms with E-state index in [0.717, 1.165) is 0 Å². The highest BCUT2D eigenvalue weighted by Gasteiger charge is 2.08. The van der Waals surface area contributed by atoms with E-state index in [1.807, 2.05) is 0 Å². The van der Waals surface area contributed by atoms with Crippen LogP contribution >= 0.6 is 0 Å². The average Bonchev–Trinajstić information content (AvgIpc) is 2.31. The number of benzene rings is 1. The summed E-state index contributed by atoms with van der Waals surface area (Å²) in [6.07, 6.45) is 10.4. The van der Waals surface area contributed by atoms with E-state index in [0.29, 0.717) is 5.92 Å². The molecule has 0 heterocycles. The second-order valence-corrected chi connectivity index (χ2v) is 4.31. The van der Waals surface area contributed by atoms with E-state index in [2.05, 4.69) is 55.5 Å². The van der Waals surface area contributed by atoms with Crippen molar-refractivity contribution in [3.63, 3.8) is 0 Å². The van der Waals surface area contributed by atoms with Crippen molar-refractivity contribution < 1.29 is 0 Å². The fourth-order valence-corrected chi connectivity index (χ4v) is 2.12. The third kappa shape index (κ3) is 2.82. The Balaban J connectivity index is 2.00. The Kier molecular flexibility index (Phi) is 3.39. The van der Waals surface area contributed by atoms with E-state index < -0.39 is 0 Å². The van der Waals surface area contributed by atoms with Gasteiger partial charge in [0.2, 0.25) is 0 Å². The molecule has 1 aromatic carbocycles. The minimum Gasteiger partial charge on any atom is -0.0842 e. The normalized spacial score (nSPS) is 17.3. The van der Waals surface area contributed by atoms with Gasteiger partial charge >= 0.3 is 0 Å². The van der Waals surface area contributed by atoms with Crippen molar-refractivity contribution in [2.75, 3.05) is 0 Å². The van der Waals surface area contributed by atoms with Crippen molar-refractivity contribution in [2.24, 2.45) is 0 Å². The molecule has 0 N–H and O–H groups in total. The van der Waals surface area contributed by atoms with Crippen molar-refractivity contribution in [2.45, 2.75) is 32.1 Å². The molecule has 1 unspecified atom stereocenters. The predicted octanol–water partition coefficient (Wildman–Crippen LogP) is 4.46. The SMILES string of the molecule is CC(CC1=CC=CCC1)c1ccccc1. The molecule has 0 nitrogen and oxygen atoms in total. The molecule has 0 amide bonds. The molecule has 2 rings (SSSR count). The first kappa shape index (κ1) is 10.2. The molecule has 1 aliphatic carbocycles. The van der Waals surface area contributed by atoms with Crippen LogP contribution < -0.4 is 0 Å². The van der Waals surface area contributed by atoms with Gasteiger partial charge in [-0.05, 0) is 30.7 Å². The molecule has 78 valence electrons. The van der Waals surface area contributed by atoms with Crippen molar-refractivity contribution in [3.8, 4) is 0 Å². The van der Waals surface area contributed by atoms with Gasteiger partial charge in [0, 0.05) is 0 Å². The molecule has 1 aromatic rings. The van der Waals surface area contributed by atoms with Gasteiger partial charge in [-0.25, -0.2) is 0 Å². The molecule has 1 atom stereocenters. The molecule has 0 fully saturated rings. The topological polar surface area (TPSA) is 0 Å². The molecule has 15 heavy (non-hydrogen) atoms. The average molecular weight is 198 g/mol. The Morgan fingerprint density at radius 1 is 1.20 bits per heavy atom. The third-order valence-electron chi connectivity index (χ3n) is 3.04. The minimum atomic E-state index is 0.643. The maximum Gasteiger partial charge on any atom is -0.0153 e. The summed E-state index contributed by atoms with van der Waals surface area (Å²) in [5.74, 6) is 0.643. The maximum atomic E-state index is 2.31. The van der Waals surface area contributed by atoms with Gasteiger partial charge in [-0.15, -0.1) is 0 Å². The van der Waals surface area contributed by atoms with Crippen molar-refractivity contribution in [1.29, 1.82) is 0 Å². The highest BCUT2D eigenvalue weighted by Crippen LogP contribution is 2.26. The monoisotopic (exact) mass is 198 g/mol. The van der Waals surface area contributed by atoms with Crippen LogP contribution in [0.3, 0.4) is 0 Å². The summed E-state index contributed by atoms with van der Waals surface area (Å²) in [6.45, 7) is 2.31. The van der Waals surface area contributed by atoms with Crippen LogP contribution in [0.25, 0.3) is 0 Å². The lowest BCUT2D eigenvalue weighted by molar-refractivity contribution is 0.717. The van der Waals surface area contributed by atoms with Crippen LogP contribution in [-0.4, -0.2) is 0 Å². The third-order valence-corrected chi connectivity index (χ3v) is 3.04. The molecule has 0 saturated carbocycles. The van der Waals surface area contributed by atoms with Crippen molar-refractivity contribution >= 4 is 0 Å². The van der Waals surface area contributed by atoms with E-state index in [1.165, 1.54) is 24.8 Å². The zero-order chi connectivity index (χ0) is 10.5. The van der Waals surface area contributed by atoms with Crippen LogP contribution in [0.15, 0.2) is 54.1 Å². The van der Waals surface area contributed by atoms with Gasteiger partial charge in [0.05, 0.1) is 0 Å². The van der Waals surface area contributed by atoms with Gasteiger partial charge in [0.1, 0.15) is 0 Å². The van der Waals surface area contributed by atoms with Gasteiger partial charge in [0.25, 0.3) is 0 Å². The molecule has 0 saturated heterocycles. The van der Waals surface area contributed by atoms with Crippen LogP contribution in [0.5, 0.6) is 0 Å². The van der Waals surface area contributed by atoms with Crippen molar-refractivity contribution in [1.82, 2.24) is 0 Å². The molecule has 0 heteroatoms. The van der Waals surface area contributed by atoms with Crippen LogP contribution in [0, 0.1) is 0 Å². The predicted molar refractivity (Wildman–Crippen MR) is 65.9 cm³/mol. The highest BCUT2D eigenvalue weighted by atomic mass is 14.1. The maximum absolute atomic E-state index is 2.31. The molecule has 0 aliphatic heterocycles. The first-order valence-electron chi connectivity index (χ1n) is 5.76.